The number of anilines is 1. The zero-order valence-corrected chi connectivity index (χ0v) is 15.2. The van der Waals surface area contributed by atoms with E-state index in [1.165, 1.54) is 18.3 Å². The lowest BCUT2D eigenvalue weighted by Gasteiger charge is -2.11. The molecule has 2 aromatic rings. The second-order valence-corrected chi connectivity index (χ2v) is 7.16. The van der Waals surface area contributed by atoms with Crippen molar-refractivity contribution in [3.05, 3.63) is 48.5 Å². The van der Waals surface area contributed by atoms with Crippen LogP contribution in [0.25, 0.3) is 0 Å². The average Bonchev–Trinajstić information content (AvgIpc) is 2.61. The quantitative estimate of drug-likeness (QED) is 0.608. The second-order valence-electron chi connectivity index (χ2n) is 5.40. The van der Waals surface area contributed by atoms with Gasteiger partial charge < -0.3 is 4.90 Å². The number of aliphatic imine (C=N–C) groups is 1. The number of nitrogens with one attached hydrogen (secondary N) is 1. The molecule has 25 heavy (non-hydrogen) atoms. The van der Waals surface area contributed by atoms with Gasteiger partial charge in [0.1, 0.15) is 0 Å². The summed E-state index contributed by atoms with van der Waals surface area (Å²) in [7, 11) is 1.97. The third-order valence-electron chi connectivity index (χ3n) is 3.34. The molecule has 0 radical (unpaired) electrons. The van der Waals surface area contributed by atoms with Crippen molar-refractivity contribution in [3.63, 3.8) is 0 Å². The molecule has 0 aliphatic carbocycles. The molecule has 0 bridgehead atoms. The molecule has 1 N–H and O–H groups in total. The van der Waals surface area contributed by atoms with Crippen LogP contribution in [0.5, 0.6) is 0 Å². The molecule has 0 aromatic heterocycles. The Hall–Kier alpha value is -2.58. The predicted octanol–water partition coefficient (Wildman–Crippen LogP) is 3.15. The first kappa shape index (κ1) is 18.8. The predicted molar refractivity (Wildman–Crippen MR) is 101 cm³/mol. The van der Waals surface area contributed by atoms with E-state index in [0.29, 0.717) is 5.69 Å². The van der Waals surface area contributed by atoms with E-state index >= 15 is 0 Å². The Balaban J connectivity index is 2.07. The standard InChI is InChI=1S/C17H21N5O2S/c1-18-12-13-19-25(23,24)17-10-6-15(7-11-17)21-20-14-4-8-16(9-5-14)22(2)3/h4-12,19H,13H2,1-3H3. The summed E-state index contributed by atoms with van der Waals surface area (Å²) in [5.41, 5.74) is 2.38. The highest BCUT2D eigenvalue weighted by Crippen LogP contribution is 2.22. The largest absolute Gasteiger partial charge is 0.378 e. The van der Waals surface area contributed by atoms with Crippen LogP contribution in [0.3, 0.4) is 0 Å². The highest BCUT2D eigenvalue weighted by molar-refractivity contribution is 7.89. The first-order valence-corrected chi connectivity index (χ1v) is 9.10. The van der Waals surface area contributed by atoms with Crippen LogP contribution in [-0.2, 0) is 10.0 Å². The number of hydrogen-bond donors (Lipinski definition) is 1. The smallest absolute Gasteiger partial charge is 0.240 e. The number of azo groups is 1. The van der Waals surface area contributed by atoms with Gasteiger partial charge in [0.05, 0.1) is 16.3 Å². The van der Waals surface area contributed by atoms with E-state index in [0.717, 1.165) is 11.4 Å². The van der Waals surface area contributed by atoms with Crippen LogP contribution in [0, 0.1) is 0 Å². The van der Waals surface area contributed by atoms with Crippen LogP contribution in [0.2, 0.25) is 0 Å². The van der Waals surface area contributed by atoms with Crippen molar-refractivity contribution in [2.24, 2.45) is 15.2 Å². The molecule has 8 heteroatoms. The summed E-state index contributed by atoms with van der Waals surface area (Å²) in [5.74, 6) is 0. The van der Waals surface area contributed by atoms with Gasteiger partial charge in [-0.15, -0.1) is 0 Å². The summed E-state index contributed by atoms with van der Waals surface area (Å²) in [4.78, 5) is 5.91. The maximum atomic E-state index is 12.1. The molecule has 132 valence electrons. The van der Waals surface area contributed by atoms with E-state index in [1.807, 2.05) is 43.3 Å². The fourth-order valence-corrected chi connectivity index (χ4v) is 2.90. The van der Waals surface area contributed by atoms with Crippen LogP contribution in [0.1, 0.15) is 0 Å². The Labute approximate surface area is 148 Å². The summed E-state index contributed by atoms with van der Waals surface area (Å²) in [6, 6.07) is 13.9. The highest BCUT2D eigenvalue weighted by atomic mass is 32.2. The van der Waals surface area contributed by atoms with Gasteiger partial charge in [-0.05, 0) is 48.5 Å². The monoisotopic (exact) mass is 359 g/mol. The van der Waals surface area contributed by atoms with Crippen molar-refractivity contribution in [2.45, 2.75) is 4.90 Å². The second kappa shape index (κ2) is 8.50. The lowest BCUT2D eigenvalue weighted by molar-refractivity contribution is 0.586. The van der Waals surface area contributed by atoms with Crippen molar-refractivity contribution in [3.8, 4) is 0 Å². The Morgan fingerprint density at radius 1 is 0.960 bits per heavy atom. The topological polar surface area (TPSA) is 86.5 Å². The first-order valence-electron chi connectivity index (χ1n) is 7.62. The third kappa shape index (κ3) is 5.47. The highest BCUT2D eigenvalue weighted by Gasteiger charge is 2.12. The van der Waals surface area contributed by atoms with Crippen molar-refractivity contribution < 1.29 is 8.42 Å². The van der Waals surface area contributed by atoms with Crippen molar-refractivity contribution >= 4 is 33.3 Å². The SMILES string of the molecule is CN=CCNS(=O)(=O)c1ccc(N=Nc2ccc(N(C)C)cc2)cc1. The Kier molecular flexibility index (Phi) is 6.37. The minimum absolute atomic E-state index is 0.156. The maximum absolute atomic E-state index is 12.1. The molecule has 2 aromatic carbocycles. The molecular formula is C17H21N5O2S. The summed E-state index contributed by atoms with van der Waals surface area (Å²) in [5, 5.41) is 8.28. The molecule has 0 saturated heterocycles. The van der Waals surface area contributed by atoms with Crippen LogP contribution < -0.4 is 9.62 Å². The Morgan fingerprint density at radius 3 is 1.96 bits per heavy atom. The lowest BCUT2D eigenvalue weighted by atomic mass is 10.3. The van der Waals surface area contributed by atoms with Crippen molar-refractivity contribution in [1.82, 2.24) is 4.72 Å². The van der Waals surface area contributed by atoms with Gasteiger partial charge in [-0.2, -0.15) is 10.2 Å². The van der Waals surface area contributed by atoms with Crippen molar-refractivity contribution in [1.29, 1.82) is 0 Å². The number of hydrogen-bond acceptors (Lipinski definition) is 6. The minimum atomic E-state index is -3.55. The van der Waals surface area contributed by atoms with Crippen LogP contribution >= 0.6 is 0 Å². The van der Waals surface area contributed by atoms with E-state index in [1.54, 1.807) is 19.2 Å². The summed E-state index contributed by atoms with van der Waals surface area (Å²) in [6.07, 6.45) is 1.49. The van der Waals surface area contributed by atoms with Crippen LogP contribution in [0.4, 0.5) is 17.1 Å². The molecule has 0 amide bonds. The molecule has 0 saturated carbocycles. The minimum Gasteiger partial charge on any atom is -0.378 e. The first-order chi connectivity index (χ1) is 11.9. The Morgan fingerprint density at radius 2 is 1.48 bits per heavy atom. The zero-order chi connectivity index (χ0) is 18.3. The molecule has 0 spiro atoms. The summed E-state index contributed by atoms with van der Waals surface area (Å²) < 4.78 is 26.5. The molecule has 0 aliphatic heterocycles. The lowest BCUT2D eigenvalue weighted by Crippen LogP contribution is -2.25. The van der Waals surface area contributed by atoms with Gasteiger partial charge in [0.2, 0.25) is 10.0 Å². The number of nitrogens with zero attached hydrogens (tertiary/aromatic N) is 4. The van der Waals surface area contributed by atoms with E-state index in [9.17, 15) is 8.42 Å². The fraction of sp³-hybridized carbons (Fsp3) is 0.235. The van der Waals surface area contributed by atoms with Gasteiger partial charge in [0.15, 0.2) is 0 Å². The summed E-state index contributed by atoms with van der Waals surface area (Å²) >= 11 is 0. The number of benzene rings is 2. The van der Waals surface area contributed by atoms with E-state index in [-0.39, 0.29) is 11.4 Å². The molecule has 0 fully saturated rings. The normalized spacial score (nSPS) is 12.1. The van der Waals surface area contributed by atoms with E-state index < -0.39 is 10.0 Å². The van der Waals surface area contributed by atoms with Gasteiger partial charge in [0, 0.05) is 39.6 Å². The zero-order valence-electron chi connectivity index (χ0n) is 14.4. The summed E-state index contributed by atoms with van der Waals surface area (Å²) in [6.45, 7) is 0.156. The van der Waals surface area contributed by atoms with Gasteiger partial charge in [0.25, 0.3) is 0 Å². The third-order valence-corrected chi connectivity index (χ3v) is 4.78. The molecular weight excluding hydrogens is 338 g/mol. The molecule has 2 rings (SSSR count). The van der Waals surface area contributed by atoms with Crippen LogP contribution in [0.15, 0.2) is 68.6 Å². The maximum Gasteiger partial charge on any atom is 0.240 e. The van der Waals surface area contributed by atoms with Gasteiger partial charge in [-0.1, -0.05) is 0 Å². The Bertz CT molecular complexity index is 842. The molecule has 0 atom stereocenters. The van der Waals surface area contributed by atoms with Crippen LogP contribution in [-0.4, -0.2) is 42.3 Å². The van der Waals surface area contributed by atoms with Crippen molar-refractivity contribution in [2.75, 3.05) is 32.6 Å². The van der Waals surface area contributed by atoms with E-state index in [2.05, 4.69) is 19.9 Å². The molecule has 0 unspecified atom stereocenters. The van der Waals surface area contributed by atoms with Gasteiger partial charge >= 0.3 is 0 Å². The fourth-order valence-electron chi connectivity index (χ4n) is 1.95. The average molecular weight is 359 g/mol. The molecule has 0 heterocycles. The number of sulfonamides is 1. The van der Waals surface area contributed by atoms with Gasteiger partial charge in [-0.3, -0.25) is 4.99 Å². The molecule has 0 aliphatic rings. The van der Waals surface area contributed by atoms with Gasteiger partial charge in [-0.25, -0.2) is 13.1 Å². The molecule has 7 nitrogen and oxygen atoms in total. The number of rotatable bonds is 7. The van der Waals surface area contributed by atoms with E-state index in [4.69, 9.17) is 0 Å².